The highest BCUT2D eigenvalue weighted by Crippen LogP contribution is 2.43. The molecule has 0 amide bonds. The Labute approximate surface area is 93.2 Å². The zero-order valence-electron chi connectivity index (χ0n) is 9.63. The minimum Gasteiger partial charge on any atom is -0.446 e. The summed E-state index contributed by atoms with van der Waals surface area (Å²) in [5, 5.41) is 0. The lowest BCUT2D eigenvalue weighted by Gasteiger charge is -2.19. The molecule has 1 aromatic rings. The first-order valence-electron chi connectivity index (χ1n) is 5.09. The molecule has 0 aliphatic carbocycles. The van der Waals surface area contributed by atoms with E-state index in [9.17, 15) is 0 Å². The summed E-state index contributed by atoms with van der Waals surface area (Å²) in [4.78, 5) is 0. The lowest BCUT2D eigenvalue weighted by atomic mass is 9.87. The van der Waals surface area contributed by atoms with Gasteiger partial charge in [0.2, 0.25) is 0 Å². The van der Waals surface area contributed by atoms with Gasteiger partial charge in [-0.25, -0.2) is 0 Å². The standard InChI is InChI=1S/C12H17O2P/c1-11(2,3)8-5-6-9-10(7-8)14-12(4,15)13-9/h5-7H,15H2,1-4H3. The van der Waals surface area contributed by atoms with Crippen molar-refractivity contribution in [2.75, 3.05) is 0 Å². The van der Waals surface area contributed by atoms with E-state index in [0.29, 0.717) is 0 Å². The number of benzene rings is 1. The van der Waals surface area contributed by atoms with E-state index < -0.39 is 5.53 Å². The van der Waals surface area contributed by atoms with Gasteiger partial charge in [-0.15, -0.1) is 0 Å². The molecule has 0 saturated carbocycles. The highest BCUT2D eigenvalue weighted by Gasteiger charge is 2.32. The number of hydrogen-bond donors (Lipinski definition) is 0. The monoisotopic (exact) mass is 224 g/mol. The van der Waals surface area contributed by atoms with Gasteiger partial charge in [-0.1, -0.05) is 26.8 Å². The van der Waals surface area contributed by atoms with Gasteiger partial charge < -0.3 is 9.47 Å². The fourth-order valence-electron chi connectivity index (χ4n) is 1.60. The predicted molar refractivity (Wildman–Crippen MR) is 64.5 cm³/mol. The summed E-state index contributed by atoms with van der Waals surface area (Å²) in [6.07, 6.45) is 0. The van der Waals surface area contributed by atoms with Crippen molar-refractivity contribution in [2.45, 2.75) is 38.6 Å². The molecule has 0 fully saturated rings. The molecule has 0 radical (unpaired) electrons. The topological polar surface area (TPSA) is 18.5 Å². The molecule has 1 aliphatic rings. The first-order chi connectivity index (χ1) is 6.78. The largest absolute Gasteiger partial charge is 0.446 e. The minimum atomic E-state index is -0.612. The van der Waals surface area contributed by atoms with E-state index in [2.05, 4.69) is 42.1 Å². The van der Waals surface area contributed by atoms with E-state index in [-0.39, 0.29) is 5.41 Å². The van der Waals surface area contributed by atoms with Gasteiger partial charge >= 0.3 is 0 Å². The van der Waals surface area contributed by atoms with E-state index in [4.69, 9.17) is 9.47 Å². The van der Waals surface area contributed by atoms with E-state index >= 15 is 0 Å². The van der Waals surface area contributed by atoms with Crippen molar-refractivity contribution in [3.8, 4) is 11.5 Å². The van der Waals surface area contributed by atoms with E-state index in [0.717, 1.165) is 11.5 Å². The van der Waals surface area contributed by atoms with Crippen LogP contribution in [0.25, 0.3) is 0 Å². The van der Waals surface area contributed by atoms with Gasteiger partial charge in [0.05, 0.1) is 0 Å². The van der Waals surface area contributed by atoms with Crippen LogP contribution < -0.4 is 9.47 Å². The molecule has 1 aromatic carbocycles. The maximum Gasteiger partial charge on any atom is 0.260 e. The Bertz CT molecular complexity index is 391. The first kappa shape index (κ1) is 10.8. The molecule has 15 heavy (non-hydrogen) atoms. The lowest BCUT2D eigenvalue weighted by Crippen LogP contribution is -2.25. The summed E-state index contributed by atoms with van der Waals surface area (Å²) >= 11 is 0. The smallest absolute Gasteiger partial charge is 0.260 e. The van der Waals surface area contributed by atoms with E-state index in [1.165, 1.54) is 5.56 Å². The number of rotatable bonds is 0. The van der Waals surface area contributed by atoms with Gasteiger partial charge in [-0.05, 0) is 32.4 Å². The molecule has 1 aliphatic heterocycles. The SMILES string of the molecule is CC1(P)Oc2ccc(C(C)(C)C)cc2O1. The van der Waals surface area contributed by atoms with Gasteiger partial charge in [-0.2, -0.15) is 0 Å². The average Bonchev–Trinajstić information content (AvgIpc) is 2.34. The van der Waals surface area contributed by atoms with Crippen LogP contribution in [0, 0.1) is 0 Å². The third-order valence-corrected chi connectivity index (χ3v) is 2.67. The third kappa shape index (κ3) is 2.10. The van der Waals surface area contributed by atoms with Gasteiger partial charge in [0.15, 0.2) is 11.5 Å². The van der Waals surface area contributed by atoms with Crippen LogP contribution in [0.15, 0.2) is 18.2 Å². The van der Waals surface area contributed by atoms with Crippen molar-refractivity contribution in [3.05, 3.63) is 23.8 Å². The van der Waals surface area contributed by atoms with Gasteiger partial charge in [0.25, 0.3) is 5.53 Å². The Morgan fingerprint density at radius 2 is 1.73 bits per heavy atom. The Morgan fingerprint density at radius 1 is 1.13 bits per heavy atom. The van der Waals surface area contributed by atoms with Crippen molar-refractivity contribution >= 4 is 9.24 Å². The van der Waals surface area contributed by atoms with Crippen LogP contribution in [0.5, 0.6) is 11.5 Å². The first-order valence-corrected chi connectivity index (χ1v) is 5.67. The lowest BCUT2D eigenvalue weighted by molar-refractivity contribution is 0.0290. The van der Waals surface area contributed by atoms with Crippen molar-refractivity contribution in [2.24, 2.45) is 0 Å². The zero-order chi connectivity index (χ0) is 11.3. The summed E-state index contributed by atoms with van der Waals surface area (Å²) in [6.45, 7) is 8.44. The minimum absolute atomic E-state index is 0.137. The van der Waals surface area contributed by atoms with E-state index in [1.54, 1.807) is 0 Å². The van der Waals surface area contributed by atoms with Crippen molar-refractivity contribution < 1.29 is 9.47 Å². The second kappa shape index (κ2) is 3.12. The van der Waals surface area contributed by atoms with Crippen molar-refractivity contribution in [1.29, 1.82) is 0 Å². The normalized spacial score (nSPS) is 24.3. The molecule has 2 nitrogen and oxygen atoms in total. The number of fused-ring (bicyclic) bond motifs is 1. The molecular weight excluding hydrogens is 207 g/mol. The summed E-state index contributed by atoms with van der Waals surface area (Å²) in [7, 11) is 2.56. The summed E-state index contributed by atoms with van der Waals surface area (Å²) in [6, 6.07) is 6.13. The molecule has 2 unspecified atom stereocenters. The zero-order valence-corrected chi connectivity index (χ0v) is 10.8. The maximum atomic E-state index is 5.67. The highest BCUT2D eigenvalue weighted by atomic mass is 31.0. The van der Waals surface area contributed by atoms with E-state index in [1.807, 2.05) is 13.0 Å². The van der Waals surface area contributed by atoms with Gasteiger partial charge in [0.1, 0.15) is 0 Å². The summed E-state index contributed by atoms with van der Waals surface area (Å²) in [5.41, 5.74) is 0.782. The maximum absolute atomic E-state index is 5.67. The Balaban J connectivity index is 2.39. The quantitative estimate of drug-likeness (QED) is 0.629. The van der Waals surface area contributed by atoms with Crippen LogP contribution in [0.1, 0.15) is 33.3 Å². The molecule has 0 N–H and O–H groups in total. The molecule has 82 valence electrons. The second-order valence-electron chi connectivity index (χ2n) is 5.13. The van der Waals surface area contributed by atoms with Crippen LogP contribution in [0.2, 0.25) is 0 Å². The van der Waals surface area contributed by atoms with Crippen LogP contribution in [0.3, 0.4) is 0 Å². The second-order valence-corrected chi connectivity index (χ2v) is 6.18. The highest BCUT2D eigenvalue weighted by molar-refractivity contribution is 7.18. The fraction of sp³-hybridized carbons (Fsp3) is 0.500. The van der Waals surface area contributed by atoms with Crippen LogP contribution in [-0.4, -0.2) is 5.53 Å². The molecule has 0 saturated heterocycles. The van der Waals surface area contributed by atoms with Crippen molar-refractivity contribution in [1.82, 2.24) is 0 Å². The molecule has 0 spiro atoms. The van der Waals surface area contributed by atoms with Gasteiger partial charge in [0, 0.05) is 6.92 Å². The predicted octanol–water partition coefficient (Wildman–Crippen LogP) is 3.30. The molecule has 0 bridgehead atoms. The average molecular weight is 224 g/mol. The van der Waals surface area contributed by atoms with Crippen molar-refractivity contribution in [3.63, 3.8) is 0 Å². The van der Waals surface area contributed by atoms with Crippen LogP contribution in [0.4, 0.5) is 0 Å². The molecular formula is C12H17O2P. The van der Waals surface area contributed by atoms with Crippen LogP contribution in [-0.2, 0) is 5.41 Å². The Kier molecular flexibility index (Phi) is 2.24. The molecule has 2 atom stereocenters. The molecule has 2 rings (SSSR count). The Morgan fingerprint density at radius 3 is 2.33 bits per heavy atom. The number of ether oxygens (including phenoxy) is 2. The molecule has 0 aromatic heterocycles. The Hall–Kier alpha value is -0.750. The number of hydrogen-bond acceptors (Lipinski definition) is 2. The summed E-state index contributed by atoms with van der Waals surface area (Å²) < 4.78 is 11.3. The molecule has 3 heteroatoms. The summed E-state index contributed by atoms with van der Waals surface area (Å²) in [5.74, 6) is 1.65. The van der Waals surface area contributed by atoms with Crippen LogP contribution >= 0.6 is 9.24 Å². The third-order valence-electron chi connectivity index (χ3n) is 2.43. The molecule has 1 heterocycles. The van der Waals surface area contributed by atoms with Gasteiger partial charge in [-0.3, -0.25) is 0 Å². The fourth-order valence-corrected chi connectivity index (χ4v) is 1.85.